The molecule has 5 nitrogen and oxygen atoms in total. The van der Waals surface area contributed by atoms with E-state index in [4.69, 9.17) is 0 Å². The Morgan fingerprint density at radius 1 is 1.07 bits per heavy atom. The van der Waals surface area contributed by atoms with Crippen LogP contribution >= 0.6 is 0 Å². The van der Waals surface area contributed by atoms with Crippen LogP contribution in [0.5, 0.6) is 0 Å². The van der Waals surface area contributed by atoms with E-state index in [1.807, 2.05) is 12.1 Å². The second-order valence-electron chi connectivity index (χ2n) is 8.25. The van der Waals surface area contributed by atoms with Crippen molar-refractivity contribution in [3.8, 4) is 0 Å². The van der Waals surface area contributed by atoms with Crippen LogP contribution in [0.4, 0.5) is 0 Å². The summed E-state index contributed by atoms with van der Waals surface area (Å²) in [6.45, 7) is 7.23. The average Bonchev–Trinajstić information content (AvgIpc) is 3.17. The van der Waals surface area contributed by atoms with E-state index >= 15 is 0 Å². The molecule has 3 rings (SSSR count). The summed E-state index contributed by atoms with van der Waals surface area (Å²) in [7, 11) is -3.67. The van der Waals surface area contributed by atoms with Crippen LogP contribution < -0.4 is 5.32 Å². The number of amides is 1. The van der Waals surface area contributed by atoms with Crippen molar-refractivity contribution in [3.63, 3.8) is 0 Å². The molecule has 1 aliphatic heterocycles. The van der Waals surface area contributed by atoms with Crippen LogP contribution in [0.25, 0.3) is 0 Å². The average molecular weight is 401 g/mol. The standard InChI is InChI=1S/C22H28N2O3S/c1-22(2,3)18-13-11-17(12-14-18)16-23-21(25)20-10-7-15-24(20)28(26,27)19-8-5-4-6-9-19/h4-6,8-9,11-14,20H,7,10,15-16H2,1-3H3,(H,23,25). The minimum Gasteiger partial charge on any atom is -0.351 e. The van der Waals surface area contributed by atoms with E-state index in [1.165, 1.54) is 9.87 Å². The maximum atomic E-state index is 12.9. The lowest BCUT2D eigenvalue weighted by Crippen LogP contribution is -2.45. The zero-order chi connectivity index (χ0) is 20.4. The van der Waals surface area contributed by atoms with E-state index in [1.54, 1.807) is 30.3 Å². The third kappa shape index (κ3) is 4.45. The van der Waals surface area contributed by atoms with Gasteiger partial charge < -0.3 is 5.32 Å². The highest BCUT2D eigenvalue weighted by Gasteiger charge is 2.39. The molecule has 0 aromatic heterocycles. The number of carbonyl (C=O) groups excluding carboxylic acids is 1. The molecule has 1 aliphatic rings. The van der Waals surface area contributed by atoms with Crippen LogP contribution in [0.1, 0.15) is 44.7 Å². The molecule has 28 heavy (non-hydrogen) atoms. The molecule has 1 amide bonds. The van der Waals surface area contributed by atoms with Crippen molar-refractivity contribution < 1.29 is 13.2 Å². The number of hydrogen-bond donors (Lipinski definition) is 1. The second-order valence-corrected chi connectivity index (χ2v) is 10.1. The first-order valence-corrected chi connectivity index (χ1v) is 11.1. The molecule has 1 fully saturated rings. The molecule has 1 N–H and O–H groups in total. The zero-order valence-corrected chi connectivity index (χ0v) is 17.5. The van der Waals surface area contributed by atoms with E-state index in [-0.39, 0.29) is 16.2 Å². The fraction of sp³-hybridized carbons (Fsp3) is 0.409. The van der Waals surface area contributed by atoms with Gasteiger partial charge in [-0.05, 0) is 41.5 Å². The predicted molar refractivity (Wildman–Crippen MR) is 110 cm³/mol. The smallest absolute Gasteiger partial charge is 0.243 e. The first kappa shape index (κ1) is 20.6. The minimum absolute atomic E-state index is 0.0813. The van der Waals surface area contributed by atoms with Gasteiger partial charge in [0.15, 0.2) is 0 Å². The number of nitrogens with one attached hydrogen (secondary N) is 1. The first-order chi connectivity index (χ1) is 13.2. The molecule has 150 valence electrons. The van der Waals surface area contributed by atoms with Gasteiger partial charge in [0.05, 0.1) is 4.90 Å². The van der Waals surface area contributed by atoms with Crippen LogP contribution in [0.2, 0.25) is 0 Å². The fourth-order valence-electron chi connectivity index (χ4n) is 3.45. The lowest BCUT2D eigenvalue weighted by Gasteiger charge is -2.23. The summed E-state index contributed by atoms with van der Waals surface area (Å²) in [4.78, 5) is 12.9. The summed E-state index contributed by atoms with van der Waals surface area (Å²) in [6, 6.07) is 15.8. The number of benzene rings is 2. The lowest BCUT2D eigenvalue weighted by molar-refractivity contribution is -0.124. The van der Waals surface area contributed by atoms with Crippen molar-refractivity contribution in [1.82, 2.24) is 9.62 Å². The molecule has 1 atom stereocenters. The van der Waals surface area contributed by atoms with E-state index in [0.29, 0.717) is 25.9 Å². The van der Waals surface area contributed by atoms with Gasteiger partial charge in [-0.2, -0.15) is 4.31 Å². The molecule has 0 bridgehead atoms. The maximum absolute atomic E-state index is 12.9. The van der Waals surface area contributed by atoms with Gasteiger partial charge in [0.1, 0.15) is 6.04 Å². The van der Waals surface area contributed by atoms with Gasteiger partial charge in [-0.25, -0.2) is 8.42 Å². The van der Waals surface area contributed by atoms with Gasteiger partial charge in [-0.15, -0.1) is 0 Å². The van der Waals surface area contributed by atoms with Crippen LogP contribution in [0, 0.1) is 0 Å². The Morgan fingerprint density at radius 2 is 1.71 bits per heavy atom. The van der Waals surface area contributed by atoms with Crippen LogP contribution in [-0.4, -0.2) is 31.2 Å². The third-order valence-electron chi connectivity index (χ3n) is 5.14. The highest BCUT2D eigenvalue weighted by molar-refractivity contribution is 7.89. The SMILES string of the molecule is CC(C)(C)c1ccc(CNC(=O)C2CCCN2S(=O)(=O)c2ccccc2)cc1. The molecule has 1 saturated heterocycles. The lowest BCUT2D eigenvalue weighted by atomic mass is 9.87. The van der Waals surface area contributed by atoms with Crippen LogP contribution in [-0.2, 0) is 26.8 Å². The summed E-state index contributed by atoms with van der Waals surface area (Å²) in [5.74, 6) is -0.239. The Labute approximate surface area is 167 Å². The largest absolute Gasteiger partial charge is 0.351 e. The number of hydrogen-bond acceptors (Lipinski definition) is 3. The van der Waals surface area contributed by atoms with E-state index in [0.717, 1.165) is 5.56 Å². The highest BCUT2D eigenvalue weighted by Crippen LogP contribution is 2.26. The normalized spacial score (nSPS) is 18.2. The van der Waals surface area contributed by atoms with Gasteiger partial charge in [-0.3, -0.25) is 4.79 Å². The third-order valence-corrected chi connectivity index (χ3v) is 7.07. The van der Waals surface area contributed by atoms with Crippen LogP contribution in [0.15, 0.2) is 59.5 Å². The molecule has 0 spiro atoms. The quantitative estimate of drug-likeness (QED) is 0.836. The summed E-state index contributed by atoms with van der Waals surface area (Å²) < 4.78 is 27.1. The van der Waals surface area contributed by atoms with Crippen molar-refractivity contribution in [2.24, 2.45) is 0 Å². The summed E-state index contributed by atoms with van der Waals surface area (Å²) in [5.41, 5.74) is 2.31. The Bertz CT molecular complexity index is 917. The minimum atomic E-state index is -3.67. The van der Waals surface area contributed by atoms with E-state index < -0.39 is 16.1 Å². The molecule has 6 heteroatoms. The van der Waals surface area contributed by atoms with Crippen molar-refractivity contribution in [1.29, 1.82) is 0 Å². The van der Waals surface area contributed by atoms with Gasteiger partial charge in [0.25, 0.3) is 0 Å². The van der Waals surface area contributed by atoms with Gasteiger partial charge in [0, 0.05) is 13.1 Å². The Hall–Kier alpha value is -2.18. The molecule has 0 radical (unpaired) electrons. The first-order valence-electron chi connectivity index (χ1n) is 9.63. The zero-order valence-electron chi connectivity index (χ0n) is 16.7. The van der Waals surface area contributed by atoms with Gasteiger partial charge >= 0.3 is 0 Å². The number of nitrogens with zero attached hydrogens (tertiary/aromatic N) is 1. The highest BCUT2D eigenvalue weighted by atomic mass is 32.2. The monoisotopic (exact) mass is 400 g/mol. The van der Waals surface area contributed by atoms with Crippen molar-refractivity contribution >= 4 is 15.9 Å². The number of rotatable bonds is 5. The Balaban J connectivity index is 1.67. The van der Waals surface area contributed by atoms with Crippen molar-refractivity contribution in [3.05, 3.63) is 65.7 Å². The van der Waals surface area contributed by atoms with E-state index in [2.05, 4.69) is 38.2 Å². The number of sulfonamides is 1. The molecule has 2 aromatic rings. The summed E-state index contributed by atoms with van der Waals surface area (Å²) in [5, 5.41) is 2.91. The fourth-order valence-corrected chi connectivity index (χ4v) is 5.12. The molecular formula is C22H28N2O3S. The molecule has 0 saturated carbocycles. The topological polar surface area (TPSA) is 66.5 Å². The molecule has 1 unspecified atom stereocenters. The number of carbonyl (C=O) groups is 1. The van der Waals surface area contributed by atoms with Crippen molar-refractivity contribution in [2.75, 3.05) is 6.54 Å². The summed E-state index contributed by atoms with van der Waals surface area (Å²) >= 11 is 0. The molecular weight excluding hydrogens is 372 g/mol. The van der Waals surface area contributed by atoms with Gasteiger partial charge in [0.2, 0.25) is 15.9 Å². The Morgan fingerprint density at radius 3 is 2.32 bits per heavy atom. The van der Waals surface area contributed by atoms with Crippen LogP contribution in [0.3, 0.4) is 0 Å². The van der Waals surface area contributed by atoms with Gasteiger partial charge in [-0.1, -0.05) is 63.2 Å². The molecule has 2 aromatic carbocycles. The summed E-state index contributed by atoms with van der Waals surface area (Å²) in [6.07, 6.45) is 1.23. The predicted octanol–water partition coefficient (Wildman–Crippen LogP) is 3.45. The van der Waals surface area contributed by atoms with Crippen molar-refractivity contribution in [2.45, 2.75) is 56.5 Å². The molecule has 0 aliphatic carbocycles. The Kier molecular flexibility index (Phi) is 5.91. The molecule has 1 heterocycles. The maximum Gasteiger partial charge on any atom is 0.243 e. The second kappa shape index (κ2) is 8.05. The van der Waals surface area contributed by atoms with E-state index in [9.17, 15) is 13.2 Å².